The van der Waals surface area contributed by atoms with Gasteiger partial charge in [-0.3, -0.25) is 0 Å². The third-order valence-corrected chi connectivity index (χ3v) is 18.7. The first kappa shape index (κ1) is 101. The summed E-state index contributed by atoms with van der Waals surface area (Å²) in [6.07, 6.45) is -15.1. The molecule has 1 aliphatic heterocycles. The van der Waals surface area contributed by atoms with E-state index in [2.05, 4.69) is 4.74 Å². The van der Waals surface area contributed by atoms with Crippen LogP contribution in [0.5, 0.6) is 184 Å². The summed E-state index contributed by atoms with van der Waals surface area (Å²) in [5.74, 6) is -56.8. The molecular formula is C87H70O50. The summed E-state index contributed by atoms with van der Waals surface area (Å²) in [5.41, 5.74) is -9.42. The van der Waals surface area contributed by atoms with Gasteiger partial charge >= 0.3 is 65.7 Å². The molecule has 50 nitrogen and oxygen atoms in total. The van der Waals surface area contributed by atoms with Crippen molar-refractivity contribution in [1.82, 2.24) is 0 Å². The standard InChI is InChI=1S/C76H52O46.C9H10O4.2CH4/c77-32-1-22(2-33(78)53(32)92)67(103)113-47-16-27(11-42(87)58(47)97)66(102)112-21-52-63(119-72(108)28-12-43(88)59(98)48(17-28)114-68(104)23-3-34(79)54(93)35(80)4-23)64(120-73(109)29-13-44(89)60(99)49(18-29)115-69(105)24-5-36(81)55(94)37(82)6-24)65(121-74(110)30-14-45(90)61(100)50(19-30)116-70(106)25-7-38(83)56(95)39(84)8-25)76(118-52)122-75(111)31-15-46(91)62(101)51(20-31)117-71(107)26-9-40(85)57(96)41(86)10-26;1-5-7(10)3-6(4-8(5)11)9(12)13-2;;/h1-20,52,63-65,76-101H,21H2;3-4,10-11H,1-2H3;2*1H4/t52-,63-,64+,65-,76?;;;/m1.../s1. The number of hydrogen-bond acceptors (Lipinski definition) is 50. The number of phenols is 27. The van der Waals surface area contributed by atoms with Gasteiger partial charge in [-0.25, -0.2) is 52.7 Å². The van der Waals surface area contributed by atoms with Gasteiger partial charge in [-0.05, 0) is 140 Å². The fraction of sp³-hybridized carbons (Fsp3) is 0.115. The van der Waals surface area contributed by atoms with E-state index in [4.69, 9.17) is 52.1 Å². The molecule has 1 heterocycles. The molecule has 0 saturated carbocycles. The van der Waals surface area contributed by atoms with Crippen LogP contribution in [-0.2, 0) is 33.2 Å². The second-order valence-corrected chi connectivity index (χ2v) is 27.8. The topological polar surface area (TPSA) is 845 Å². The summed E-state index contributed by atoms with van der Waals surface area (Å²) < 4.78 is 64.9. The Morgan fingerprint density at radius 2 is 0.409 bits per heavy atom. The van der Waals surface area contributed by atoms with Crippen LogP contribution in [0.1, 0.15) is 134 Å². The van der Waals surface area contributed by atoms with Crippen LogP contribution in [0.3, 0.4) is 0 Å². The van der Waals surface area contributed by atoms with Gasteiger partial charge in [-0.1, -0.05) is 14.9 Å². The molecule has 50 heteroatoms. The van der Waals surface area contributed by atoms with Gasteiger partial charge in [0.2, 0.25) is 41.1 Å². The molecule has 0 amide bonds. The largest absolute Gasteiger partial charge is 0.508 e. The van der Waals surface area contributed by atoms with E-state index in [0.717, 1.165) is 0 Å². The van der Waals surface area contributed by atoms with Crippen LogP contribution < -0.4 is 23.7 Å². The van der Waals surface area contributed by atoms with Gasteiger partial charge in [-0.2, -0.15) is 0 Å². The molecule has 137 heavy (non-hydrogen) atoms. The molecular weight excluding hydrogens is 1840 g/mol. The zero-order valence-electron chi connectivity index (χ0n) is 67.3. The zero-order valence-corrected chi connectivity index (χ0v) is 67.3. The van der Waals surface area contributed by atoms with Gasteiger partial charge < -0.3 is 195 Å². The summed E-state index contributed by atoms with van der Waals surface area (Å²) in [5, 5.41) is 280. The molecule has 12 rings (SSSR count). The lowest BCUT2D eigenvalue weighted by Gasteiger charge is -2.43. The van der Waals surface area contributed by atoms with Crippen molar-refractivity contribution in [3.63, 3.8) is 0 Å². The summed E-state index contributed by atoms with van der Waals surface area (Å²) in [6.45, 7) is -0.161. The van der Waals surface area contributed by atoms with E-state index in [9.17, 15) is 176 Å². The lowest BCUT2D eigenvalue weighted by Crippen LogP contribution is -2.63. The fourth-order valence-electron chi connectivity index (χ4n) is 11.8. The molecule has 718 valence electrons. The van der Waals surface area contributed by atoms with E-state index in [1.165, 1.54) is 19.2 Å². The summed E-state index contributed by atoms with van der Waals surface area (Å²) >= 11 is 0. The Morgan fingerprint density at radius 1 is 0.226 bits per heavy atom. The van der Waals surface area contributed by atoms with Gasteiger partial charge in [-0.15, -0.1) is 0 Å². The van der Waals surface area contributed by atoms with Crippen molar-refractivity contribution < 1.29 is 247 Å². The molecule has 11 aromatic carbocycles. The molecule has 0 radical (unpaired) electrons. The van der Waals surface area contributed by atoms with E-state index >= 15 is 14.4 Å². The minimum atomic E-state index is -3.12. The number of phenolic OH excluding ortho intramolecular Hbond substituents is 27. The van der Waals surface area contributed by atoms with Crippen molar-refractivity contribution in [2.75, 3.05) is 13.7 Å². The molecule has 1 aliphatic rings. The number of esters is 11. The highest BCUT2D eigenvalue weighted by molar-refractivity contribution is 6.01. The Hall–Kier alpha value is -19.8. The third kappa shape index (κ3) is 21.9. The lowest BCUT2D eigenvalue weighted by molar-refractivity contribution is -0.282. The van der Waals surface area contributed by atoms with Crippen LogP contribution in [0.15, 0.2) is 133 Å². The first-order valence-corrected chi connectivity index (χ1v) is 36.9. The maximum Gasteiger partial charge on any atom is 0.343 e. The highest BCUT2D eigenvalue weighted by Gasteiger charge is 2.55. The van der Waals surface area contributed by atoms with Crippen molar-refractivity contribution in [3.05, 3.63) is 200 Å². The Balaban J connectivity index is 0.00000129. The number of rotatable bonds is 22. The Morgan fingerprint density at radius 3 is 0.642 bits per heavy atom. The van der Waals surface area contributed by atoms with E-state index in [-0.39, 0.29) is 31.9 Å². The molecule has 0 bridgehead atoms. The third-order valence-electron chi connectivity index (χ3n) is 18.7. The fourth-order valence-corrected chi connectivity index (χ4v) is 11.8. The highest BCUT2D eigenvalue weighted by Crippen LogP contribution is 2.48. The summed E-state index contributed by atoms with van der Waals surface area (Å²) in [4.78, 5) is 153. The second-order valence-electron chi connectivity index (χ2n) is 27.8. The zero-order chi connectivity index (χ0) is 99.4. The maximum absolute atomic E-state index is 15.3. The van der Waals surface area contributed by atoms with Gasteiger partial charge in [0.1, 0.15) is 24.2 Å². The first-order chi connectivity index (χ1) is 63.4. The molecule has 1 saturated heterocycles. The average Bonchev–Trinajstić information content (AvgIpc) is 0.761. The molecule has 1 unspecified atom stereocenters. The average molecular weight is 1920 g/mol. The number of aromatic hydroxyl groups is 27. The minimum absolute atomic E-state index is 0. The number of methoxy groups -OCH3 is 1. The SMILES string of the molecule is C.C.COC(=O)c1cc(O)c(C)c(O)c1.O=C(OC[C@H]1OC(OC(=O)c2cc(O)c(O)c(OC(=O)c3cc(O)c(O)c(O)c3)c2)[C@H](OC(=O)c2cc(O)c(O)c(OC(=O)c3cc(O)c(O)c(O)c3)c2)[C@@H](OC(=O)c2cc(O)c(O)c(OC(=O)c3cc(O)c(O)c(O)c3)c2)[C@@H]1OC(=O)c1cc(O)c(O)c(OC(=O)c2cc(O)c(O)c(O)c2)c1)c1cc(O)c(O)c(OC(=O)c2cc(O)c(O)c(O)c2)c1. The second kappa shape index (κ2) is 40.4. The van der Waals surface area contributed by atoms with Crippen LogP contribution in [0.25, 0.3) is 0 Å². The quantitative estimate of drug-likeness (QED) is 0.0137. The number of ether oxygens (including phenoxy) is 12. The van der Waals surface area contributed by atoms with Crippen molar-refractivity contribution in [2.24, 2.45) is 0 Å². The Labute approximate surface area is 760 Å². The van der Waals surface area contributed by atoms with Crippen LogP contribution in [0.4, 0.5) is 0 Å². The molecule has 27 N–H and O–H groups in total. The van der Waals surface area contributed by atoms with Gasteiger partial charge in [0, 0.05) is 5.56 Å². The van der Waals surface area contributed by atoms with Gasteiger partial charge in [0.05, 0.1) is 68.3 Å². The maximum atomic E-state index is 15.3. The predicted octanol–water partition coefficient (Wildman–Crippen LogP) is 7.30. The molecule has 5 atom stereocenters. The number of carbonyl (C=O) groups is 11. The summed E-state index contributed by atoms with van der Waals surface area (Å²) in [7, 11) is 1.23. The van der Waals surface area contributed by atoms with E-state index in [1.54, 1.807) is 6.92 Å². The van der Waals surface area contributed by atoms with E-state index in [1.807, 2.05) is 0 Å². The lowest BCUT2D eigenvalue weighted by atomic mass is 9.97. The molecule has 0 aromatic heterocycles. The smallest absolute Gasteiger partial charge is 0.343 e. The summed E-state index contributed by atoms with van der Waals surface area (Å²) in [6, 6.07) is 11.1. The number of hydrogen-bond donors (Lipinski definition) is 27. The Kier molecular flexibility index (Phi) is 29.8. The van der Waals surface area contributed by atoms with Crippen molar-refractivity contribution in [2.45, 2.75) is 52.5 Å². The van der Waals surface area contributed by atoms with Crippen LogP contribution >= 0.6 is 0 Å². The minimum Gasteiger partial charge on any atom is -0.508 e. The Bertz CT molecular complexity index is 6630. The molecule has 11 aromatic rings. The van der Waals surface area contributed by atoms with Crippen LogP contribution in [0.2, 0.25) is 0 Å². The highest BCUT2D eigenvalue weighted by atomic mass is 16.8. The van der Waals surface area contributed by atoms with Crippen LogP contribution in [-0.4, -0.2) is 248 Å². The molecule has 0 aliphatic carbocycles. The van der Waals surface area contributed by atoms with Crippen molar-refractivity contribution >= 4 is 65.7 Å². The number of carbonyl (C=O) groups excluding carboxylic acids is 11. The van der Waals surface area contributed by atoms with Crippen LogP contribution in [0, 0.1) is 6.92 Å². The van der Waals surface area contributed by atoms with Gasteiger partial charge in [0.15, 0.2) is 156 Å². The predicted molar refractivity (Wildman–Crippen MR) is 442 cm³/mol. The van der Waals surface area contributed by atoms with E-state index < -0.39 is 331 Å². The molecule has 1 fully saturated rings. The number of benzene rings is 11. The van der Waals surface area contributed by atoms with Gasteiger partial charge in [0.25, 0.3) is 0 Å². The normalized spacial score (nSPS) is 14.0. The first-order valence-electron chi connectivity index (χ1n) is 36.9. The van der Waals surface area contributed by atoms with Crippen molar-refractivity contribution in [1.29, 1.82) is 0 Å². The van der Waals surface area contributed by atoms with Crippen molar-refractivity contribution in [3.8, 4) is 184 Å². The molecule has 0 spiro atoms. The van der Waals surface area contributed by atoms with E-state index in [0.29, 0.717) is 127 Å². The monoisotopic (exact) mass is 1910 g/mol.